The van der Waals surface area contributed by atoms with Gasteiger partial charge in [0.2, 0.25) is 0 Å². The number of hydrogen-bond donors (Lipinski definition) is 1. The quantitative estimate of drug-likeness (QED) is 0.449. The van der Waals surface area contributed by atoms with Crippen LogP contribution in [0.15, 0.2) is 54.6 Å². The summed E-state index contributed by atoms with van der Waals surface area (Å²) in [6.07, 6.45) is 0. The molecule has 1 aliphatic heterocycles. The number of nitrogens with zero attached hydrogens (tertiary/aromatic N) is 4. The molecule has 2 heterocycles. The lowest BCUT2D eigenvalue weighted by Crippen LogP contribution is -2.56. The Balaban J connectivity index is 1.57. The van der Waals surface area contributed by atoms with Crippen LogP contribution in [0.25, 0.3) is 11.3 Å². The minimum absolute atomic E-state index is 0.00412. The van der Waals surface area contributed by atoms with Gasteiger partial charge in [-0.25, -0.2) is 19.6 Å². The van der Waals surface area contributed by atoms with Gasteiger partial charge in [-0.05, 0) is 39.8 Å². The molecule has 1 atom stereocenters. The molecule has 0 saturated carbocycles. The molecule has 3 aromatic rings. The van der Waals surface area contributed by atoms with E-state index in [0.29, 0.717) is 41.7 Å². The Morgan fingerprint density at radius 1 is 0.974 bits per heavy atom. The highest BCUT2D eigenvalue weighted by Gasteiger charge is 2.34. The second-order valence-electron chi connectivity index (χ2n) is 9.08. The number of aryl methyl sites for hydroxylation is 1. The van der Waals surface area contributed by atoms with Gasteiger partial charge in [-0.15, -0.1) is 0 Å². The summed E-state index contributed by atoms with van der Waals surface area (Å²) in [5.74, 6) is -0.105. The number of rotatable bonds is 7. The number of esters is 1. The van der Waals surface area contributed by atoms with Crippen LogP contribution in [0.4, 0.5) is 10.5 Å². The summed E-state index contributed by atoms with van der Waals surface area (Å²) < 4.78 is 10.9. The van der Waals surface area contributed by atoms with Gasteiger partial charge in [0.05, 0.1) is 24.6 Å². The third kappa shape index (κ3) is 6.17. The number of benzene rings is 2. The van der Waals surface area contributed by atoms with Crippen molar-refractivity contribution in [3.8, 4) is 17.0 Å². The van der Waals surface area contributed by atoms with E-state index >= 15 is 0 Å². The van der Waals surface area contributed by atoms with Crippen LogP contribution in [0.1, 0.15) is 47.4 Å². The van der Waals surface area contributed by atoms with Crippen molar-refractivity contribution in [1.29, 1.82) is 0 Å². The molecule has 10 nitrogen and oxygen atoms in total. The van der Waals surface area contributed by atoms with Gasteiger partial charge in [-0.3, -0.25) is 4.79 Å². The lowest BCUT2D eigenvalue weighted by Gasteiger charge is -2.39. The van der Waals surface area contributed by atoms with Crippen molar-refractivity contribution in [1.82, 2.24) is 19.8 Å². The first-order valence-electron chi connectivity index (χ1n) is 13.0. The predicted molar refractivity (Wildman–Crippen MR) is 147 cm³/mol. The SMILES string of the molecule is CCOC(=O)c1c(C(=O)N2CCN(C(=O)Nc3ccccc3OCC)C(C)C2)nc(C)nc1-c1ccccc1. The van der Waals surface area contributed by atoms with E-state index in [1.807, 2.05) is 56.3 Å². The van der Waals surface area contributed by atoms with Gasteiger partial charge in [-0.1, -0.05) is 42.5 Å². The number of aromatic nitrogens is 2. The van der Waals surface area contributed by atoms with Gasteiger partial charge < -0.3 is 24.6 Å². The Bertz CT molecular complexity index is 1350. The summed E-state index contributed by atoms with van der Waals surface area (Å²) in [6, 6.07) is 15.9. The summed E-state index contributed by atoms with van der Waals surface area (Å²) >= 11 is 0. The molecule has 0 spiro atoms. The molecule has 0 radical (unpaired) electrons. The maximum absolute atomic E-state index is 13.8. The lowest BCUT2D eigenvalue weighted by atomic mass is 10.0. The van der Waals surface area contributed by atoms with E-state index in [-0.39, 0.29) is 43.0 Å². The first-order chi connectivity index (χ1) is 18.8. The van der Waals surface area contributed by atoms with E-state index in [0.717, 1.165) is 0 Å². The van der Waals surface area contributed by atoms with Gasteiger partial charge in [0.15, 0.2) is 0 Å². The zero-order valence-electron chi connectivity index (χ0n) is 22.6. The van der Waals surface area contributed by atoms with E-state index in [1.54, 1.807) is 35.8 Å². The third-order valence-electron chi connectivity index (χ3n) is 6.35. The number of nitrogens with one attached hydrogen (secondary N) is 1. The van der Waals surface area contributed by atoms with Crippen molar-refractivity contribution in [2.75, 3.05) is 38.2 Å². The van der Waals surface area contributed by atoms with Crippen LogP contribution in [0, 0.1) is 6.92 Å². The molecule has 10 heteroatoms. The molecule has 1 N–H and O–H groups in total. The number of anilines is 1. The maximum atomic E-state index is 13.8. The fraction of sp³-hybridized carbons (Fsp3) is 0.345. The minimum atomic E-state index is -0.654. The highest BCUT2D eigenvalue weighted by Crippen LogP contribution is 2.27. The van der Waals surface area contributed by atoms with Crippen LogP contribution in [-0.4, -0.2) is 76.6 Å². The topological polar surface area (TPSA) is 114 Å². The normalized spacial score (nSPS) is 15.0. The van der Waals surface area contributed by atoms with Crippen molar-refractivity contribution in [3.63, 3.8) is 0 Å². The first kappa shape index (κ1) is 27.6. The summed E-state index contributed by atoms with van der Waals surface area (Å²) in [5.41, 5.74) is 1.65. The van der Waals surface area contributed by atoms with E-state index in [4.69, 9.17) is 9.47 Å². The molecule has 1 aromatic heterocycles. The molecule has 3 amide bonds. The summed E-state index contributed by atoms with van der Waals surface area (Å²) in [7, 11) is 0. The third-order valence-corrected chi connectivity index (χ3v) is 6.35. The van der Waals surface area contributed by atoms with Gasteiger partial charge in [0.25, 0.3) is 5.91 Å². The van der Waals surface area contributed by atoms with Gasteiger partial charge >= 0.3 is 12.0 Å². The van der Waals surface area contributed by atoms with E-state index in [1.165, 1.54) is 0 Å². The highest BCUT2D eigenvalue weighted by molar-refractivity contribution is 6.07. The minimum Gasteiger partial charge on any atom is -0.492 e. The number of hydrogen-bond acceptors (Lipinski definition) is 7. The number of carbonyl (C=O) groups excluding carboxylic acids is 3. The smallest absolute Gasteiger partial charge is 0.342 e. The van der Waals surface area contributed by atoms with E-state index in [2.05, 4.69) is 15.3 Å². The molecule has 1 unspecified atom stereocenters. The Hall–Kier alpha value is -4.47. The van der Waals surface area contributed by atoms with Crippen molar-refractivity contribution in [2.45, 2.75) is 33.7 Å². The molecule has 204 valence electrons. The standard InChI is InChI=1S/C29H33N5O5/c1-5-38-23-15-11-10-14-22(23)32-29(37)34-17-16-33(18-19(34)3)27(35)26-24(28(36)39-6-2)25(30-20(4)31-26)21-12-8-7-9-13-21/h7-15,19H,5-6,16-18H2,1-4H3,(H,32,37). The fourth-order valence-electron chi connectivity index (χ4n) is 4.56. The van der Waals surface area contributed by atoms with Crippen molar-refractivity contribution in [2.24, 2.45) is 0 Å². The number of amides is 3. The highest BCUT2D eigenvalue weighted by atomic mass is 16.5. The number of urea groups is 1. The zero-order chi connectivity index (χ0) is 27.9. The molecule has 1 fully saturated rings. The van der Waals surface area contributed by atoms with Crippen LogP contribution in [0.3, 0.4) is 0 Å². The molecule has 1 saturated heterocycles. The fourth-order valence-corrected chi connectivity index (χ4v) is 4.56. The average Bonchev–Trinajstić information content (AvgIpc) is 2.93. The van der Waals surface area contributed by atoms with Crippen LogP contribution < -0.4 is 10.1 Å². The molecule has 1 aliphatic rings. The van der Waals surface area contributed by atoms with Crippen molar-refractivity contribution in [3.05, 3.63) is 71.7 Å². The van der Waals surface area contributed by atoms with Crippen LogP contribution >= 0.6 is 0 Å². The molecule has 0 aliphatic carbocycles. The van der Waals surface area contributed by atoms with Crippen LogP contribution in [-0.2, 0) is 4.74 Å². The van der Waals surface area contributed by atoms with Crippen LogP contribution in [0.2, 0.25) is 0 Å². The molecular weight excluding hydrogens is 498 g/mol. The zero-order valence-corrected chi connectivity index (χ0v) is 22.6. The second kappa shape index (κ2) is 12.4. The summed E-state index contributed by atoms with van der Waals surface area (Å²) in [4.78, 5) is 52.1. The summed E-state index contributed by atoms with van der Waals surface area (Å²) in [5, 5.41) is 2.92. The Morgan fingerprint density at radius 2 is 1.69 bits per heavy atom. The molecule has 2 aromatic carbocycles. The Morgan fingerprint density at radius 3 is 2.38 bits per heavy atom. The van der Waals surface area contributed by atoms with Crippen LogP contribution in [0.5, 0.6) is 5.75 Å². The van der Waals surface area contributed by atoms with Crippen molar-refractivity contribution < 1.29 is 23.9 Å². The second-order valence-corrected chi connectivity index (χ2v) is 9.08. The molecule has 0 bridgehead atoms. The first-order valence-corrected chi connectivity index (χ1v) is 13.0. The largest absolute Gasteiger partial charge is 0.492 e. The number of para-hydroxylation sites is 2. The summed E-state index contributed by atoms with van der Waals surface area (Å²) in [6.45, 7) is 8.62. The molecular formula is C29H33N5O5. The Labute approximate surface area is 228 Å². The van der Waals surface area contributed by atoms with Gasteiger partial charge in [0, 0.05) is 31.2 Å². The van der Waals surface area contributed by atoms with E-state index in [9.17, 15) is 14.4 Å². The lowest BCUT2D eigenvalue weighted by molar-refractivity contribution is 0.0505. The van der Waals surface area contributed by atoms with E-state index < -0.39 is 11.9 Å². The van der Waals surface area contributed by atoms with Crippen molar-refractivity contribution >= 4 is 23.6 Å². The number of piperazine rings is 1. The molecule has 4 rings (SSSR count). The monoisotopic (exact) mass is 531 g/mol. The molecule has 39 heavy (non-hydrogen) atoms. The Kier molecular flexibility index (Phi) is 8.75. The average molecular weight is 532 g/mol. The van der Waals surface area contributed by atoms with Gasteiger partial charge in [-0.2, -0.15) is 0 Å². The van der Waals surface area contributed by atoms with Gasteiger partial charge in [0.1, 0.15) is 22.8 Å². The number of carbonyl (C=O) groups is 3. The number of ether oxygens (including phenoxy) is 2. The predicted octanol–water partition coefficient (Wildman–Crippen LogP) is 4.41. The maximum Gasteiger partial charge on any atom is 0.342 e.